The van der Waals surface area contributed by atoms with E-state index in [1.54, 1.807) is 12.1 Å². The van der Waals surface area contributed by atoms with Crippen LogP contribution in [-0.2, 0) is 16.9 Å². The van der Waals surface area contributed by atoms with Gasteiger partial charge < -0.3 is 30.5 Å². The maximum Gasteiger partial charge on any atom is 0.340 e. The average molecular weight is 405 g/mol. The van der Waals surface area contributed by atoms with Gasteiger partial charge >= 0.3 is 11.9 Å². The van der Waals surface area contributed by atoms with E-state index in [0.717, 1.165) is 0 Å². The zero-order valence-electron chi connectivity index (χ0n) is 15.4. The van der Waals surface area contributed by atoms with Crippen LogP contribution >= 0.6 is 0 Å². The van der Waals surface area contributed by atoms with Crippen molar-refractivity contribution in [2.24, 2.45) is 5.73 Å². The van der Waals surface area contributed by atoms with Crippen LogP contribution in [0.3, 0.4) is 0 Å². The number of phenolic OH excluding ortho intramolecular Hbond substituents is 2. The van der Waals surface area contributed by atoms with Crippen LogP contribution < -0.4 is 10.5 Å². The van der Waals surface area contributed by atoms with Gasteiger partial charge in [-0.1, -0.05) is 6.07 Å². The van der Waals surface area contributed by atoms with E-state index in [9.17, 15) is 24.9 Å². The predicted octanol–water partition coefficient (Wildman–Crippen LogP) is 2.82. The minimum Gasteiger partial charge on any atom is -0.508 e. The first-order chi connectivity index (χ1) is 14.4. The van der Waals surface area contributed by atoms with Crippen molar-refractivity contribution in [2.45, 2.75) is 12.1 Å². The molecular weight excluding hydrogens is 390 g/mol. The van der Waals surface area contributed by atoms with Crippen LogP contribution in [0.1, 0.15) is 43.0 Å². The summed E-state index contributed by atoms with van der Waals surface area (Å²) in [6.07, 6.45) is 0. The smallest absolute Gasteiger partial charge is 0.340 e. The zero-order valence-corrected chi connectivity index (χ0v) is 15.4. The molecule has 1 spiro atoms. The molecule has 1 atom stereocenters. The van der Waals surface area contributed by atoms with Gasteiger partial charge in [0.05, 0.1) is 16.7 Å². The number of rotatable bonds is 2. The number of carboxylic acids is 1. The molecule has 0 fully saturated rings. The number of hydrogen-bond donors (Lipinski definition) is 4. The number of ether oxygens (including phenoxy) is 2. The lowest BCUT2D eigenvalue weighted by atomic mass is 9.76. The topological polar surface area (TPSA) is 139 Å². The Morgan fingerprint density at radius 2 is 1.73 bits per heavy atom. The number of carbonyl (C=O) groups is 2. The van der Waals surface area contributed by atoms with Gasteiger partial charge in [0.15, 0.2) is 5.60 Å². The van der Waals surface area contributed by atoms with Gasteiger partial charge in [-0.3, -0.25) is 0 Å². The van der Waals surface area contributed by atoms with Gasteiger partial charge in [0.2, 0.25) is 0 Å². The molecule has 2 heterocycles. The molecule has 5 rings (SSSR count). The van der Waals surface area contributed by atoms with Crippen molar-refractivity contribution in [3.63, 3.8) is 0 Å². The Labute approximate surface area is 169 Å². The monoisotopic (exact) mass is 405 g/mol. The van der Waals surface area contributed by atoms with E-state index in [4.69, 9.17) is 15.2 Å². The third-order valence-corrected chi connectivity index (χ3v) is 5.49. The summed E-state index contributed by atoms with van der Waals surface area (Å²) in [5, 5.41) is 29.5. The largest absolute Gasteiger partial charge is 0.508 e. The number of aromatic hydroxyl groups is 2. The van der Waals surface area contributed by atoms with Crippen molar-refractivity contribution in [2.75, 3.05) is 0 Å². The predicted molar refractivity (Wildman–Crippen MR) is 103 cm³/mol. The number of esters is 1. The number of carboxylic acid groups (broad SMARTS) is 1. The molecule has 3 aromatic rings. The fourth-order valence-electron chi connectivity index (χ4n) is 4.15. The molecule has 2 aliphatic heterocycles. The highest BCUT2D eigenvalue weighted by Crippen LogP contribution is 2.58. The molecule has 2 aliphatic rings. The van der Waals surface area contributed by atoms with Gasteiger partial charge in [0.1, 0.15) is 23.0 Å². The number of fused-ring (bicyclic) bond motifs is 6. The van der Waals surface area contributed by atoms with Gasteiger partial charge in [-0.05, 0) is 36.4 Å². The second-order valence-electron chi connectivity index (χ2n) is 7.06. The summed E-state index contributed by atoms with van der Waals surface area (Å²) in [7, 11) is 0. The molecule has 3 aromatic carbocycles. The highest BCUT2D eigenvalue weighted by molar-refractivity contribution is 6.00. The summed E-state index contributed by atoms with van der Waals surface area (Å²) in [6.45, 7) is -0.0437. The Morgan fingerprint density at radius 3 is 2.47 bits per heavy atom. The number of aromatic carboxylic acids is 1. The Kier molecular flexibility index (Phi) is 3.59. The van der Waals surface area contributed by atoms with Crippen LogP contribution in [0.25, 0.3) is 0 Å². The average Bonchev–Trinajstić information content (AvgIpc) is 3.00. The van der Waals surface area contributed by atoms with E-state index in [1.807, 2.05) is 0 Å². The third kappa shape index (κ3) is 2.19. The summed E-state index contributed by atoms with van der Waals surface area (Å²) >= 11 is 0. The molecular formula is C22H15NO7. The number of phenols is 2. The Hall–Kier alpha value is -4.04. The zero-order chi connectivity index (χ0) is 21.2. The Bertz CT molecular complexity index is 1270. The van der Waals surface area contributed by atoms with Gasteiger partial charge in [-0.15, -0.1) is 0 Å². The van der Waals surface area contributed by atoms with Crippen molar-refractivity contribution in [3.05, 3.63) is 81.9 Å². The lowest BCUT2D eigenvalue weighted by molar-refractivity contribution is 0.0223. The number of nitrogens with two attached hydrogens (primary N) is 1. The highest BCUT2D eigenvalue weighted by atomic mass is 16.6. The fourth-order valence-corrected chi connectivity index (χ4v) is 4.15. The molecule has 5 N–H and O–H groups in total. The molecule has 30 heavy (non-hydrogen) atoms. The van der Waals surface area contributed by atoms with Gasteiger partial charge in [0, 0.05) is 29.3 Å². The summed E-state index contributed by atoms with van der Waals surface area (Å²) in [5.74, 6) is -1.56. The van der Waals surface area contributed by atoms with Gasteiger partial charge in [-0.2, -0.15) is 0 Å². The molecule has 0 aliphatic carbocycles. The first-order valence-corrected chi connectivity index (χ1v) is 9.04. The van der Waals surface area contributed by atoms with Crippen LogP contribution in [0.5, 0.6) is 23.0 Å². The molecule has 0 aromatic heterocycles. The molecule has 0 saturated heterocycles. The van der Waals surface area contributed by atoms with Gasteiger partial charge in [0.25, 0.3) is 0 Å². The van der Waals surface area contributed by atoms with Crippen molar-refractivity contribution in [3.8, 4) is 23.0 Å². The highest BCUT2D eigenvalue weighted by Gasteiger charge is 2.54. The van der Waals surface area contributed by atoms with Crippen LogP contribution in [0.2, 0.25) is 0 Å². The quantitative estimate of drug-likeness (QED) is 0.477. The second kappa shape index (κ2) is 5.98. The van der Waals surface area contributed by atoms with E-state index >= 15 is 0 Å². The molecule has 8 heteroatoms. The SMILES string of the molecule is NCc1c(O)ccc2c1Oc1cc(O)ccc1C21OC(=O)c2cc(C(=O)O)ccc21. The first-order valence-electron chi connectivity index (χ1n) is 9.04. The molecule has 150 valence electrons. The number of carbonyl (C=O) groups excluding carboxylic acids is 1. The van der Waals surface area contributed by atoms with E-state index < -0.39 is 17.5 Å². The maximum atomic E-state index is 12.8. The minimum atomic E-state index is -1.45. The minimum absolute atomic E-state index is 0.0437. The number of hydrogen-bond acceptors (Lipinski definition) is 7. The lowest BCUT2D eigenvalue weighted by Gasteiger charge is -2.37. The summed E-state index contributed by atoms with van der Waals surface area (Å²) in [6, 6.07) is 11.6. The molecule has 1 unspecified atom stereocenters. The van der Waals surface area contributed by atoms with E-state index in [2.05, 4.69) is 0 Å². The third-order valence-electron chi connectivity index (χ3n) is 5.49. The Morgan fingerprint density at radius 1 is 1.00 bits per heavy atom. The van der Waals surface area contributed by atoms with Crippen molar-refractivity contribution in [1.29, 1.82) is 0 Å². The van der Waals surface area contributed by atoms with Crippen LogP contribution in [0.4, 0.5) is 0 Å². The first kappa shape index (κ1) is 18.0. The summed E-state index contributed by atoms with van der Waals surface area (Å²) in [4.78, 5) is 24.2. The Balaban J connectivity index is 1.89. The molecule has 0 bridgehead atoms. The fraction of sp³-hybridized carbons (Fsp3) is 0.0909. The molecule has 0 saturated carbocycles. The lowest BCUT2D eigenvalue weighted by Crippen LogP contribution is -2.33. The van der Waals surface area contributed by atoms with Crippen molar-refractivity contribution in [1.82, 2.24) is 0 Å². The summed E-state index contributed by atoms with van der Waals surface area (Å²) in [5.41, 5.74) is 6.09. The molecule has 8 nitrogen and oxygen atoms in total. The van der Waals surface area contributed by atoms with Crippen LogP contribution in [-0.4, -0.2) is 27.3 Å². The molecule has 0 radical (unpaired) electrons. The normalized spacial score (nSPS) is 18.2. The van der Waals surface area contributed by atoms with E-state index in [0.29, 0.717) is 22.3 Å². The van der Waals surface area contributed by atoms with Gasteiger partial charge in [-0.25, -0.2) is 9.59 Å². The van der Waals surface area contributed by atoms with Crippen LogP contribution in [0.15, 0.2) is 48.5 Å². The van der Waals surface area contributed by atoms with Crippen molar-refractivity contribution >= 4 is 11.9 Å². The van der Waals surface area contributed by atoms with Crippen molar-refractivity contribution < 1.29 is 34.4 Å². The second-order valence-corrected chi connectivity index (χ2v) is 7.06. The standard InChI is InChI=1S/C22H15NO7/c23-9-13-17(25)6-5-16-19(13)29-18-8-11(24)2-4-15(18)22(16)14-3-1-10(20(26)27)7-12(14)21(28)30-22/h1-8,24-25H,9,23H2,(H,26,27). The number of benzene rings is 3. The molecule has 0 amide bonds. The van der Waals surface area contributed by atoms with Crippen LogP contribution in [0, 0.1) is 0 Å². The van der Waals surface area contributed by atoms with E-state index in [1.165, 1.54) is 36.4 Å². The maximum absolute atomic E-state index is 12.8. The van der Waals surface area contributed by atoms with E-state index in [-0.39, 0.29) is 40.7 Å². The summed E-state index contributed by atoms with van der Waals surface area (Å²) < 4.78 is 11.9.